The highest BCUT2D eigenvalue weighted by molar-refractivity contribution is 6.00. The highest BCUT2D eigenvalue weighted by atomic mass is 16.5. The summed E-state index contributed by atoms with van der Waals surface area (Å²) < 4.78 is 5.44. The average molecular weight is 343 g/mol. The molecule has 0 aromatic heterocycles. The Morgan fingerprint density at radius 3 is 2.72 bits per heavy atom. The Kier molecular flexibility index (Phi) is 4.25. The first kappa shape index (κ1) is 16.5. The molecule has 2 amide bonds. The quantitative estimate of drug-likeness (QED) is 0.880. The van der Waals surface area contributed by atoms with E-state index in [9.17, 15) is 9.59 Å². The summed E-state index contributed by atoms with van der Waals surface area (Å²) in [7, 11) is 1.76. The second-order valence-corrected chi connectivity index (χ2v) is 7.37. The van der Waals surface area contributed by atoms with Crippen molar-refractivity contribution in [3.8, 4) is 0 Å². The maximum Gasteiger partial charge on any atom is 0.253 e. The molecule has 1 saturated heterocycles. The van der Waals surface area contributed by atoms with Gasteiger partial charge in [-0.05, 0) is 24.5 Å². The van der Waals surface area contributed by atoms with E-state index in [1.54, 1.807) is 11.9 Å². The van der Waals surface area contributed by atoms with Crippen molar-refractivity contribution in [2.75, 3.05) is 46.4 Å². The van der Waals surface area contributed by atoms with Gasteiger partial charge in [-0.2, -0.15) is 0 Å². The zero-order valence-electron chi connectivity index (χ0n) is 14.7. The maximum atomic E-state index is 12.9. The molecule has 0 bridgehead atoms. The van der Waals surface area contributed by atoms with Crippen molar-refractivity contribution in [2.24, 2.45) is 0 Å². The van der Waals surface area contributed by atoms with E-state index in [1.807, 2.05) is 24.3 Å². The fourth-order valence-corrected chi connectivity index (χ4v) is 4.04. The number of ether oxygens (including phenoxy) is 1. The van der Waals surface area contributed by atoms with Crippen molar-refractivity contribution in [1.29, 1.82) is 0 Å². The summed E-state index contributed by atoms with van der Waals surface area (Å²) in [6.07, 6.45) is 2.26. The molecule has 1 aromatic carbocycles. The SMILES string of the molecule is CN1CC(C(=O)NCC2(N3CCOCC3)CC2)c2ccccc2C1=O. The molecule has 2 heterocycles. The minimum absolute atomic E-state index is 0.00775. The summed E-state index contributed by atoms with van der Waals surface area (Å²) in [4.78, 5) is 29.3. The van der Waals surface area contributed by atoms with Gasteiger partial charge in [-0.25, -0.2) is 0 Å². The molecule has 2 aliphatic heterocycles. The minimum Gasteiger partial charge on any atom is -0.379 e. The Bertz CT molecular complexity index is 680. The zero-order valence-corrected chi connectivity index (χ0v) is 14.7. The molecule has 1 saturated carbocycles. The molecule has 4 rings (SSSR count). The maximum absolute atomic E-state index is 12.9. The van der Waals surface area contributed by atoms with E-state index in [0.717, 1.165) is 44.7 Å². The van der Waals surface area contributed by atoms with Gasteiger partial charge in [0.25, 0.3) is 5.91 Å². The van der Waals surface area contributed by atoms with Gasteiger partial charge < -0.3 is 15.0 Å². The summed E-state index contributed by atoms with van der Waals surface area (Å²) in [5, 5.41) is 3.17. The van der Waals surface area contributed by atoms with Crippen LogP contribution in [-0.2, 0) is 9.53 Å². The summed E-state index contributed by atoms with van der Waals surface area (Å²) >= 11 is 0. The predicted molar refractivity (Wildman–Crippen MR) is 93.5 cm³/mol. The van der Waals surface area contributed by atoms with E-state index in [2.05, 4.69) is 10.2 Å². The van der Waals surface area contributed by atoms with Crippen LogP contribution < -0.4 is 5.32 Å². The summed E-state index contributed by atoms with van der Waals surface area (Å²) in [6.45, 7) is 4.56. The second kappa shape index (κ2) is 6.42. The van der Waals surface area contributed by atoms with Crippen molar-refractivity contribution < 1.29 is 14.3 Å². The van der Waals surface area contributed by atoms with Gasteiger partial charge in [0.2, 0.25) is 5.91 Å². The van der Waals surface area contributed by atoms with E-state index in [0.29, 0.717) is 18.7 Å². The van der Waals surface area contributed by atoms with Gasteiger partial charge in [0.15, 0.2) is 0 Å². The molecule has 1 N–H and O–H groups in total. The van der Waals surface area contributed by atoms with Crippen LogP contribution in [0.15, 0.2) is 24.3 Å². The predicted octanol–water partition coefficient (Wildman–Crippen LogP) is 0.837. The molecule has 1 aliphatic carbocycles. The van der Waals surface area contributed by atoms with Crippen LogP contribution in [0.3, 0.4) is 0 Å². The van der Waals surface area contributed by atoms with Crippen molar-refractivity contribution in [2.45, 2.75) is 24.3 Å². The van der Waals surface area contributed by atoms with E-state index in [4.69, 9.17) is 4.74 Å². The van der Waals surface area contributed by atoms with Gasteiger partial charge in [0, 0.05) is 44.3 Å². The first-order valence-corrected chi connectivity index (χ1v) is 9.06. The minimum atomic E-state index is -0.292. The largest absolute Gasteiger partial charge is 0.379 e. The first-order chi connectivity index (χ1) is 12.1. The number of carbonyl (C=O) groups excluding carboxylic acids is 2. The summed E-state index contributed by atoms with van der Waals surface area (Å²) in [5.74, 6) is -0.280. The number of nitrogens with zero attached hydrogens (tertiary/aromatic N) is 2. The molecule has 6 nitrogen and oxygen atoms in total. The van der Waals surface area contributed by atoms with E-state index >= 15 is 0 Å². The lowest BCUT2D eigenvalue weighted by Gasteiger charge is -2.36. The zero-order chi connectivity index (χ0) is 17.4. The number of carbonyl (C=O) groups is 2. The number of nitrogens with one attached hydrogen (secondary N) is 1. The number of rotatable bonds is 4. The molecule has 134 valence electrons. The van der Waals surface area contributed by atoms with Crippen LogP contribution in [0.25, 0.3) is 0 Å². The van der Waals surface area contributed by atoms with Crippen molar-refractivity contribution in [3.63, 3.8) is 0 Å². The van der Waals surface area contributed by atoms with Crippen molar-refractivity contribution in [3.05, 3.63) is 35.4 Å². The fourth-order valence-electron chi connectivity index (χ4n) is 4.04. The Morgan fingerprint density at radius 2 is 2.00 bits per heavy atom. The summed E-state index contributed by atoms with van der Waals surface area (Å²) in [5.41, 5.74) is 1.61. The molecule has 1 atom stereocenters. The highest BCUT2D eigenvalue weighted by Gasteiger charge is 2.48. The van der Waals surface area contributed by atoms with Gasteiger partial charge in [-0.15, -0.1) is 0 Å². The Morgan fingerprint density at radius 1 is 1.28 bits per heavy atom. The molecule has 0 spiro atoms. The molecule has 0 radical (unpaired) electrons. The van der Waals surface area contributed by atoms with Crippen molar-refractivity contribution >= 4 is 11.8 Å². The average Bonchev–Trinajstić information content (AvgIpc) is 3.45. The molecular formula is C19H25N3O3. The number of likely N-dealkylation sites (N-methyl/N-ethyl adjacent to an activating group) is 1. The van der Waals surface area contributed by atoms with Crippen LogP contribution in [0.4, 0.5) is 0 Å². The Labute approximate surface area is 148 Å². The van der Waals surface area contributed by atoms with Gasteiger partial charge in [0.1, 0.15) is 0 Å². The van der Waals surface area contributed by atoms with Gasteiger partial charge in [-0.3, -0.25) is 14.5 Å². The first-order valence-electron chi connectivity index (χ1n) is 9.06. The van der Waals surface area contributed by atoms with Crippen molar-refractivity contribution in [1.82, 2.24) is 15.1 Å². The van der Waals surface area contributed by atoms with Gasteiger partial charge in [-0.1, -0.05) is 18.2 Å². The summed E-state index contributed by atoms with van der Waals surface area (Å²) in [6, 6.07) is 7.46. The Balaban J connectivity index is 1.45. The lowest BCUT2D eigenvalue weighted by atomic mass is 9.89. The monoisotopic (exact) mass is 343 g/mol. The van der Waals surface area contributed by atoms with Crippen LogP contribution in [0.2, 0.25) is 0 Å². The lowest BCUT2D eigenvalue weighted by molar-refractivity contribution is -0.123. The molecule has 1 unspecified atom stereocenters. The van der Waals surface area contributed by atoms with Gasteiger partial charge in [0.05, 0.1) is 19.1 Å². The smallest absolute Gasteiger partial charge is 0.253 e. The van der Waals surface area contributed by atoms with Crippen LogP contribution in [-0.4, -0.2) is 73.6 Å². The fraction of sp³-hybridized carbons (Fsp3) is 0.579. The molecule has 2 fully saturated rings. The Hall–Kier alpha value is -1.92. The molecular weight excluding hydrogens is 318 g/mol. The third-order valence-corrected chi connectivity index (χ3v) is 5.79. The third kappa shape index (κ3) is 3.04. The lowest BCUT2D eigenvalue weighted by Crippen LogP contribution is -2.52. The molecule has 25 heavy (non-hydrogen) atoms. The number of fused-ring (bicyclic) bond motifs is 1. The molecule has 6 heteroatoms. The second-order valence-electron chi connectivity index (χ2n) is 7.37. The highest BCUT2D eigenvalue weighted by Crippen LogP contribution is 2.41. The number of amides is 2. The van der Waals surface area contributed by atoms with E-state index < -0.39 is 0 Å². The topological polar surface area (TPSA) is 61.9 Å². The number of morpholine rings is 1. The van der Waals surface area contributed by atoms with Crippen LogP contribution in [0, 0.1) is 0 Å². The van der Waals surface area contributed by atoms with E-state index in [1.165, 1.54) is 0 Å². The van der Waals surface area contributed by atoms with Crippen LogP contribution >= 0.6 is 0 Å². The van der Waals surface area contributed by atoms with Crippen LogP contribution in [0.5, 0.6) is 0 Å². The van der Waals surface area contributed by atoms with Gasteiger partial charge >= 0.3 is 0 Å². The molecule has 3 aliphatic rings. The molecule has 1 aromatic rings. The number of benzene rings is 1. The standard InChI is InChI=1S/C19H25N3O3/c1-21-12-16(14-4-2-3-5-15(14)18(21)24)17(23)20-13-19(6-7-19)22-8-10-25-11-9-22/h2-5,16H,6-13H2,1H3,(H,20,23). The number of hydrogen-bond donors (Lipinski definition) is 1. The third-order valence-electron chi connectivity index (χ3n) is 5.79. The van der Waals surface area contributed by atoms with Crippen LogP contribution in [0.1, 0.15) is 34.7 Å². The number of hydrogen-bond acceptors (Lipinski definition) is 4. The normalized spacial score (nSPS) is 25.4. The van der Waals surface area contributed by atoms with E-state index in [-0.39, 0.29) is 23.3 Å².